The van der Waals surface area contributed by atoms with Gasteiger partial charge in [-0.2, -0.15) is 0 Å². The van der Waals surface area contributed by atoms with Gasteiger partial charge >= 0.3 is 0 Å². The Bertz CT molecular complexity index is 645. The summed E-state index contributed by atoms with van der Waals surface area (Å²) >= 11 is 0. The van der Waals surface area contributed by atoms with Crippen molar-refractivity contribution < 1.29 is 9.53 Å². The van der Waals surface area contributed by atoms with Gasteiger partial charge in [-0.15, -0.1) is 0 Å². The number of rotatable bonds is 4. The van der Waals surface area contributed by atoms with Crippen LogP contribution in [0, 0.1) is 0 Å². The van der Waals surface area contributed by atoms with E-state index >= 15 is 0 Å². The zero-order chi connectivity index (χ0) is 15.4. The number of benzene rings is 1. The zero-order valence-corrected chi connectivity index (χ0v) is 12.3. The second-order valence-electron chi connectivity index (χ2n) is 5.46. The smallest absolute Gasteiger partial charge is 0.254 e. The number of hydrogen-bond donors (Lipinski definition) is 1. The number of aromatic nitrogens is 1. The molecule has 3 rings (SSSR count). The van der Waals surface area contributed by atoms with Crippen LogP contribution < -0.4 is 10.5 Å². The van der Waals surface area contributed by atoms with Crippen LogP contribution in [0.1, 0.15) is 22.3 Å². The average molecular weight is 297 g/mol. The largest absolute Gasteiger partial charge is 0.473 e. The number of pyridine rings is 1. The molecule has 1 aliphatic heterocycles. The summed E-state index contributed by atoms with van der Waals surface area (Å²) in [5.41, 5.74) is 7.50. The molecule has 1 saturated heterocycles. The number of amides is 1. The van der Waals surface area contributed by atoms with E-state index in [2.05, 4.69) is 4.98 Å². The Morgan fingerprint density at radius 3 is 2.86 bits per heavy atom. The summed E-state index contributed by atoms with van der Waals surface area (Å²) in [5, 5.41) is 0. The highest BCUT2D eigenvalue weighted by molar-refractivity contribution is 5.94. The van der Waals surface area contributed by atoms with E-state index in [9.17, 15) is 4.79 Å². The fraction of sp³-hybridized carbons (Fsp3) is 0.294. The van der Waals surface area contributed by atoms with Crippen LogP contribution in [0.25, 0.3) is 0 Å². The summed E-state index contributed by atoms with van der Waals surface area (Å²) in [4.78, 5) is 18.3. The summed E-state index contributed by atoms with van der Waals surface area (Å²) < 4.78 is 5.66. The van der Waals surface area contributed by atoms with Crippen LogP contribution in [-0.4, -0.2) is 34.9 Å². The van der Waals surface area contributed by atoms with Crippen LogP contribution in [-0.2, 0) is 6.61 Å². The fourth-order valence-corrected chi connectivity index (χ4v) is 2.51. The molecular formula is C17H19N3O2. The lowest BCUT2D eigenvalue weighted by atomic mass is 10.2. The van der Waals surface area contributed by atoms with Crippen molar-refractivity contribution in [2.24, 2.45) is 5.73 Å². The second-order valence-corrected chi connectivity index (χ2v) is 5.46. The zero-order valence-electron chi connectivity index (χ0n) is 12.3. The minimum absolute atomic E-state index is 0.0140. The van der Waals surface area contributed by atoms with Gasteiger partial charge in [-0.25, -0.2) is 4.98 Å². The van der Waals surface area contributed by atoms with E-state index in [1.807, 2.05) is 30.3 Å². The van der Waals surface area contributed by atoms with Gasteiger partial charge in [0.25, 0.3) is 5.91 Å². The molecule has 5 heteroatoms. The number of likely N-dealkylation sites (tertiary alicyclic amines) is 1. The van der Waals surface area contributed by atoms with E-state index in [1.54, 1.807) is 23.2 Å². The predicted molar refractivity (Wildman–Crippen MR) is 83.5 cm³/mol. The number of ether oxygens (including phenoxy) is 1. The van der Waals surface area contributed by atoms with Crippen LogP contribution in [0.2, 0.25) is 0 Å². The van der Waals surface area contributed by atoms with Gasteiger partial charge < -0.3 is 15.4 Å². The van der Waals surface area contributed by atoms with Crippen molar-refractivity contribution in [3.63, 3.8) is 0 Å². The molecule has 0 aliphatic carbocycles. The number of carbonyl (C=O) groups excluding carboxylic acids is 1. The third kappa shape index (κ3) is 3.43. The van der Waals surface area contributed by atoms with Crippen molar-refractivity contribution in [1.82, 2.24) is 9.88 Å². The molecule has 22 heavy (non-hydrogen) atoms. The van der Waals surface area contributed by atoms with Crippen molar-refractivity contribution in [1.29, 1.82) is 0 Å². The minimum atomic E-state index is -0.0140. The molecule has 0 bridgehead atoms. The lowest BCUT2D eigenvalue weighted by Crippen LogP contribution is -2.31. The Balaban J connectivity index is 1.66. The standard InChI is InChI=1S/C17H19N3O2/c18-15-7-9-20(11-15)17(21)14-6-8-19-16(10-14)22-12-13-4-2-1-3-5-13/h1-6,8,10,15H,7,9,11-12,18H2/t15-/m1/s1. The van der Waals surface area contributed by atoms with E-state index in [4.69, 9.17) is 10.5 Å². The molecule has 1 aromatic heterocycles. The van der Waals surface area contributed by atoms with Gasteiger partial charge in [0.05, 0.1) is 0 Å². The number of carbonyl (C=O) groups is 1. The van der Waals surface area contributed by atoms with Crippen molar-refractivity contribution in [3.05, 3.63) is 59.8 Å². The highest BCUT2D eigenvalue weighted by Gasteiger charge is 2.24. The van der Waals surface area contributed by atoms with Crippen LogP contribution in [0.3, 0.4) is 0 Å². The van der Waals surface area contributed by atoms with E-state index in [1.165, 1.54) is 0 Å². The summed E-state index contributed by atoms with van der Waals surface area (Å²) in [7, 11) is 0. The minimum Gasteiger partial charge on any atom is -0.473 e. The maximum absolute atomic E-state index is 12.4. The summed E-state index contributed by atoms with van der Waals surface area (Å²) in [6, 6.07) is 13.3. The quantitative estimate of drug-likeness (QED) is 0.935. The number of nitrogens with two attached hydrogens (primary N) is 1. The number of nitrogens with zero attached hydrogens (tertiary/aromatic N) is 2. The van der Waals surface area contributed by atoms with Gasteiger partial charge in [0.2, 0.25) is 5.88 Å². The maximum Gasteiger partial charge on any atom is 0.254 e. The van der Waals surface area contributed by atoms with E-state index in [0.29, 0.717) is 31.1 Å². The van der Waals surface area contributed by atoms with Gasteiger partial charge in [0.15, 0.2) is 0 Å². The Morgan fingerprint density at radius 1 is 1.32 bits per heavy atom. The highest BCUT2D eigenvalue weighted by atomic mass is 16.5. The molecule has 5 nitrogen and oxygen atoms in total. The summed E-state index contributed by atoms with van der Waals surface area (Å²) in [5.74, 6) is 0.443. The molecule has 2 N–H and O–H groups in total. The van der Waals surface area contributed by atoms with Gasteiger partial charge in [-0.3, -0.25) is 4.79 Å². The summed E-state index contributed by atoms with van der Waals surface area (Å²) in [6.07, 6.45) is 2.46. The van der Waals surface area contributed by atoms with Crippen molar-refractivity contribution in [2.45, 2.75) is 19.1 Å². The lowest BCUT2D eigenvalue weighted by molar-refractivity contribution is 0.0790. The molecule has 0 unspecified atom stereocenters. The maximum atomic E-state index is 12.4. The van der Waals surface area contributed by atoms with Crippen LogP contribution in [0.5, 0.6) is 5.88 Å². The Morgan fingerprint density at radius 2 is 2.14 bits per heavy atom. The van der Waals surface area contributed by atoms with E-state index < -0.39 is 0 Å². The molecule has 1 atom stereocenters. The molecule has 1 aromatic carbocycles. The Hall–Kier alpha value is -2.40. The first-order valence-electron chi connectivity index (χ1n) is 7.40. The second kappa shape index (κ2) is 6.58. The highest BCUT2D eigenvalue weighted by Crippen LogP contribution is 2.16. The normalized spacial score (nSPS) is 17.5. The molecule has 114 valence electrons. The van der Waals surface area contributed by atoms with Crippen LogP contribution in [0.15, 0.2) is 48.7 Å². The Labute approximate surface area is 129 Å². The first-order chi connectivity index (χ1) is 10.7. The molecule has 1 amide bonds. The molecule has 2 heterocycles. The van der Waals surface area contributed by atoms with Gasteiger partial charge in [-0.1, -0.05) is 30.3 Å². The molecule has 0 saturated carbocycles. The third-order valence-corrected chi connectivity index (χ3v) is 3.72. The SMILES string of the molecule is N[C@@H]1CCN(C(=O)c2ccnc(OCc3ccccc3)c2)C1. The first kappa shape index (κ1) is 14.5. The predicted octanol–water partition coefficient (Wildman–Crippen LogP) is 1.83. The molecule has 0 radical (unpaired) electrons. The van der Waals surface area contributed by atoms with Gasteiger partial charge in [-0.05, 0) is 18.1 Å². The van der Waals surface area contributed by atoms with E-state index in [-0.39, 0.29) is 11.9 Å². The fourth-order valence-electron chi connectivity index (χ4n) is 2.51. The van der Waals surface area contributed by atoms with Crippen LogP contribution in [0.4, 0.5) is 0 Å². The van der Waals surface area contributed by atoms with Crippen molar-refractivity contribution >= 4 is 5.91 Å². The topological polar surface area (TPSA) is 68.5 Å². The third-order valence-electron chi connectivity index (χ3n) is 3.72. The van der Waals surface area contributed by atoms with Gasteiger partial charge in [0, 0.05) is 37.0 Å². The first-order valence-corrected chi connectivity index (χ1v) is 7.40. The lowest BCUT2D eigenvalue weighted by Gasteiger charge is -2.16. The van der Waals surface area contributed by atoms with Crippen LogP contribution >= 0.6 is 0 Å². The van der Waals surface area contributed by atoms with Crippen molar-refractivity contribution in [2.75, 3.05) is 13.1 Å². The molecule has 0 spiro atoms. The molecule has 1 aliphatic rings. The molecule has 2 aromatic rings. The Kier molecular flexibility index (Phi) is 4.34. The molecular weight excluding hydrogens is 278 g/mol. The monoisotopic (exact) mass is 297 g/mol. The summed E-state index contributed by atoms with van der Waals surface area (Å²) in [6.45, 7) is 1.75. The molecule has 1 fully saturated rings. The van der Waals surface area contributed by atoms with E-state index in [0.717, 1.165) is 12.0 Å². The average Bonchev–Trinajstić information content (AvgIpc) is 3.00. The van der Waals surface area contributed by atoms with Gasteiger partial charge in [0.1, 0.15) is 6.61 Å². The van der Waals surface area contributed by atoms with Crippen molar-refractivity contribution in [3.8, 4) is 5.88 Å². The number of hydrogen-bond acceptors (Lipinski definition) is 4.